The molecule has 0 N–H and O–H groups in total. The van der Waals surface area contributed by atoms with E-state index in [0.717, 1.165) is 48.5 Å². The molecule has 0 aliphatic carbocycles. The van der Waals surface area contributed by atoms with Crippen molar-refractivity contribution < 1.29 is 17.9 Å². The molecule has 3 aromatic rings. The van der Waals surface area contributed by atoms with Crippen LogP contribution in [-0.2, 0) is 19.0 Å². The van der Waals surface area contributed by atoms with Gasteiger partial charge < -0.3 is 4.74 Å². The maximum atomic E-state index is 12.6. The van der Waals surface area contributed by atoms with Gasteiger partial charge in [0.1, 0.15) is 11.6 Å². The molecule has 0 fully saturated rings. The van der Waals surface area contributed by atoms with Crippen LogP contribution in [0.1, 0.15) is 34.8 Å². The first-order valence-electron chi connectivity index (χ1n) is 9.12. The van der Waals surface area contributed by atoms with Crippen LogP contribution in [0.2, 0.25) is 5.02 Å². The van der Waals surface area contributed by atoms with Crippen molar-refractivity contribution in [3.8, 4) is 11.6 Å². The molecule has 0 atom stereocenters. The normalized spacial score (nSPS) is 11.6. The Morgan fingerprint density at radius 3 is 2.47 bits per heavy atom. The predicted octanol–water partition coefficient (Wildman–Crippen LogP) is 6.89. The van der Waals surface area contributed by atoms with Crippen molar-refractivity contribution in [3.05, 3.63) is 74.4 Å². The molecule has 30 heavy (non-hydrogen) atoms. The summed E-state index contributed by atoms with van der Waals surface area (Å²) < 4.78 is 44.1. The Kier molecular flexibility index (Phi) is 6.98. The minimum Gasteiger partial charge on any atom is -0.438 e. The Bertz CT molecular complexity index is 1040. The number of rotatable bonds is 6. The van der Waals surface area contributed by atoms with Gasteiger partial charge >= 0.3 is 6.18 Å². The van der Waals surface area contributed by atoms with Crippen LogP contribution >= 0.6 is 27.5 Å². The molecule has 3 rings (SSSR count). The first kappa shape index (κ1) is 22.5. The van der Waals surface area contributed by atoms with Crippen LogP contribution in [0.25, 0.3) is 0 Å². The third-order valence-corrected chi connectivity index (χ3v) is 5.46. The number of aryl methyl sites for hydroxylation is 4. The molecule has 2 heterocycles. The van der Waals surface area contributed by atoms with Gasteiger partial charge in [-0.1, -0.05) is 17.7 Å². The van der Waals surface area contributed by atoms with Gasteiger partial charge in [-0.3, -0.25) is 0 Å². The van der Waals surface area contributed by atoms with Crippen molar-refractivity contribution in [2.75, 3.05) is 0 Å². The third-order valence-electron chi connectivity index (χ3n) is 4.35. The van der Waals surface area contributed by atoms with Gasteiger partial charge in [0.25, 0.3) is 0 Å². The summed E-state index contributed by atoms with van der Waals surface area (Å²) in [6.45, 7) is 3.70. The fraction of sp³-hybridized carbons (Fsp3) is 0.286. The molecule has 0 aliphatic rings. The van der Waals surface area contributed by atoms with Crippen molar-refractivity contribution in [3.63, 3.8) is 0 Å². The van der Waals surface area contributed by atoms with Crippen molar-refractivity contribution >= 4 is 27.5 Å². The Balaban J connectivity index is 1.61. The summed E-state index contributed by atoms with van der Waals surface area (Å²) >= 11 is 9.73. The minimum absolute atomic E-state index is 0.0839. The number of aromatic nitrogens is 3. The zero-order valence-electron chi connectivity index (χ0n) is 16.2. The van der Waals surface area contributed by atoms with Gasteiger partial charge in [0.15, 0.2) is 0 Å². The molecule has 1 aromatic carbocycles. The van der Waals surface area contributed by atoms with E-state index in [9.17, 15) is 13.2 Å². The van der Waals surface area contributed by atoms with E-state index in [-0.39, 0.29) is 5.88 Å². The molecule has 9 heteroatoms. The fourth-order valence-corrected chi connectivity index (χ4v) is 3.59. The van der Waals surface area contributed by atoms with Crippen LogP contribution in [0, 0.1) is 13.8 Å². The number of pyridine rings is 1. The second-order valence-electron chi connectivity index (χ2n) is 6.72. The van der Waals surface area contributed by atoms with Gasteiger partial charge in [-0.2, -0.15) is 13.2 Å². The van der Waals surface area contributed by atoms with Gasteiger partial charge in [0, 0.05) is 12.3 Å². The Morgan fingerprint density at radius 2 is 1.83 bits per heavy atom. The SMILES string of the molecule is Cc1nc(C)c(Cl)c(CCCc2ccc(Oc3ccc(C(F)(F)F)cn3)c(Br)c2)n1. The monoisotopic (exact) mass is 499 g/mol. The summed E-state index contributed by atoms with van der Waals surface area (Å²) in [4.78, 5) is 12.4. The highest BCUT2D eigenvalue weighted by molar-refractivity contribution is 9.10. The number of halogens is 5. The van der Waals surface area contributed by atoms with Crippen LogP contribution in [0.3, 0.4) is 0 Å². The van der Waals surface area contributed by atoms with E-state index in [2.05, 4.69) is 30.9 Å². The lowest BCUT2D eigenvalue weighted by Gasteiger charge is -2.11. The number of hydrogen-bond donors (Lipinski definition) is 0. The smallest absolute Gasteiger partial charge is 0.417 e. The number of benzene rings is 1. The van der Waals surface area contributed by atoms with Gasteiger partial charge in [-0.25, -0.2) is 15.0 Å². The van der Waals surface area contributed by atoms with E-state index in [1.807, 2.05) is 26.0 Å². The van der Waals surface area contributed by atoms with Crippen LogP contribution in [-0.4, -0.2) is 15.0 Å². The Labute approximate surface area is 185 Å². The van der Waals surface area contributed by atoms with E-state index in [1.54, 1.807) is 6.07 Å². The standard InChI is InChI=1S/C21H18BrClF3N3O/c1-12-20(23)17(29-13(2)28-12)5-3-4-14-6-8-18(16(22)10-14)30-19-9-7-15(11-27-19)21(24,25)26/h6-11H,3-5H2,1-2H3. The molecular weight excluding hydrogens is 483 g/mol. The Hall–Kier alpha value is -2.19. The fourth-order valence-electron chi connectivity index (χ4n) is 2.90. The van der Waals surface area contributed by atoms with Crippen LogP contribution in [0.4, 0.5) is 13.2 Å². The first-order valence-corrected chi connectivity index (χ1v) is 10.3. The highest BCUT2D eigenvalue weighted by Gasteiger charge is 2.30. The third kappa shape index (κ3) is 5.70. The summed E-state index contributed by atoms with van der Waals surface area (Å²) in [6, 6.07) is 7.70. The van der Waals surface area contributed by atoms with E-state index >= 15 is 0 Å². The zero-order valence-corrected chi connectivity index (χ0v) is 18.6. The van der Waals surface area contributed by atoms with E-state index < -0.39 is 11.7 Å². The van der Waals surface area contributed by atoms with Crippen LogP contribution in [0.5, 0.6) is 11.6 Å². The van der Waals surface area contributed by atoms with Gasteiger partial charge in [0.2, 0.25) is 5.88 Å². The van der Waals surface area contributed by atoms with Gasteiger partial charge in [-0.15, -0.1) is 0 Å². The summed E-state index contributed by atoms with van der Waals surface area (Å²) in [5.74, 6) is 1.25. The summed E-state index contributed by atoms with van der Waals surface area (Å²) in [6.07, 6.45) is -1.30. The average Bonchev–Trinajstić information content (AvgIpc) is 2.67. The quantitative estimate of drug-likeness (QED) is 0.370. The molecule has 0 saturated heterocycles. The molecule has 0 saturated carbocycles. The second kappa shape index (κ2) is 9.31. The largest absolute Gasteiger partial charge is 0.438 e. The molecule has 158 valence electrons. The molecule has 0 unspecified atom stereocenters. The molecule has 2 aromatic heterocycles. The predicted molar refractivity (Wildman–Crippen MR) is 112 cm³/mol. The van der Waals surface area contributed by atoms with Crippen LogP contribution < -0.4 is 4.74 Å². The summed E-state index contributed by atoms with van der Waals surface area (Å²) in [7, 11) is 0. The highest BCUT2D eigenvalue weighted by atomic mass is 79.9. The Morgan fingerprint density at radius 1 is 1.07 bits per heavy atom. The summed E-state index contributed by atoms with van der Waals surface area (Å²) in [5.41, 5.74) is 1.88. The average molecular weight is 501 g/mol. The molecular formula is C21H18BrClF3N3O. The zero-order chi connectivity index (χ0) is 21.9. The lowest BCUT2D eigenvalue weighted by Crippen LogP contribution is -2.05. The topological polar surface area (TPSA) is 47.9 Å². The number of nitrogens with zero attached hydrogens (tertiary/aromatic N) is 3. The first-order chi connectivity index (χ1) is 14.1. The molecule has 0 spiro atoms. The van der Waals surface area contributed by atoms with Crippen molar-refractivity contribution in [2.24, 2.45) is 0 Å². The molecule has 4 nitrogen and oxygen atoms in total. The van der Waals surface area contributed by atoms with Crippen molar-refractivity contribution in [1.82, 2.24) is 15.0 Å². The molecule has 0 aliphatic heterocycles. The summed E-state index contributed by atoms with van der Waals surface area (Å²) in [5, 5.41) is 0.606. The lowest BCUT2D eigenvalue weighted by atomic mass is 10.1. The number of ether oxygens (including phenoxy) is 1. The maximum absolute atomic E-state index is 12.6. The van der Waals surface area contributed by atoms with Gasteiger partial charge in [0.05, 0.1) is 26.4 Å². The van der Waals surface area contributed by atoms with E-state index in [0.29, 0.717) is 21.1 Å². The van der Waals surface area contributed by atoms with Crippen molar-refractivity contribution in [1.29, 1.82) is 0 Å². The molecule has 0 bridgehead atoms. The van der Waals surface area contributed by atoms with Crippen molar-refractivity contribution in [2.45, 2.75) is 39.3 Å². The number of hydrogen-bond acceptors (Lipinski definition) is 4. The highest BCUT2D eigenvalue weighted by Crippen LogP contribution is 2.33. The minimum atomic E-state index is -4.43. The second-order valence-corrected chi connectivity index (χ2v) is 7.95. The molecule has 0 radical (unpaired) electrons. The van der Waals surface area contributed by atoms with Gasteiger partial charge in [-0.05, 0) is 72.8 Å². The molecule has 0 amide bonds. The van der Waals surface area contributed by atoms with E-state index in [4.69, 9.17) is 16.3 Å². The van der Waals surface area contributed by atoms with E-state index in [1.165, 1.54) is 6.07 Å². The van der Waals surface area contributed by atoms with Crippen LogP contribution in [0.15, 0.2) is 41.0 Å². The number of alkyl halides is 3. The lowest BCUT2D eigenvalue weighted by molar-refractivity contribution is -0.137. The maximum Gasteiger partial charge on any atom is 0.417 e.